The van der Waals surface area contributed by atoms with Crippen LogP contribution in [0.2, 0.25) is 5.02 Å². The Hall–Kier alpha value is -3.40. The topological polar surface area (TPSA) is 28.2 Å². The summed E-state index contributed by atoms with van der Waals surface area (Å²) in [5.41, 5.74) is 4.73. The summed E-state index contributed by atoms with van der Waals surface area (Å²) in [5.74, 6) is 0. The van der Waals surface area contributed by atoms with E-state index in [-0.39, 0.29) is 0 Å². The largest absolute Gasteiger partial charge is 0.384 e. The van der Waals surface area contributed by atoms with Gasteiger partial charge in [-0.1, -0.05) is 84.4 Å². The van der Waals surface area contributed by atoms with Crippen LogP contribution in [0.5, 0.6) is 0 Å². The molecule has 0 saturated heterocycles. The summed E-state index contributed by atoms with van der Waals surface area (Å²) in [6.07, 6.45) is 2.87. The number of anilines is 1. The van der Waals surface area contributed by atoms with Gasteiger partial charge in [0.1, 0.15) is 0 Å². The second-order valence-electron chi connectivity index (χ2n) is 8.63. The van der Waals surface area contributed by atoms with Gasteiger partial charge in [0.05, 0.1) is 5.52 Å². The van der Waals surface area contributed by atoms with Gasteiger partial charge in [-0.3, -0.25) is 9.88 Å². The van der Waals surface area contributed by atoms with E-state index < -0.39 is 0 Å². The van der Waals surface area contributed by atoms with Crippen LogP contribution in [0, 0.1) is 0 Å². The lowest BCUT2D eigenvalue weighted by Gasteiger charge is -2.24. The van der Waals surface area contributed by atoms with Gasteiger partial charge in [0.2, 0.25) is 0 Å². The molecule has 5 aromatic rings. The van der Waals surface area contributed by atoms with Gasteiger partial charge in [-0.05, 0) is 52.6 Å². The molecule has 1 heterocycles. The molecule has 0 atom stereocenters. The van der Waals surface area contributed by atoms with Crippen molar-refractivity contribution in [2.45, 2.75) is 19.5 Å². The molecule has 3 nitrogen and oxygen atoms in total. The van der Waals surface area contributed by atoms with E-state index in [1.807, 2.05) is 30.5 Å². The number of fused-ring (bicyclic) bond motifs is 2. The number of halogens is 1. The van der Waals surface area contributed by atoms with E-state index in [1.54, 1.807) is 0 Å². The maximum absolute atomic E-state index is 6.14. The molecule has 0 amide bonds. The predicted octanol–water partition coefficient (Wildman–Crippen LogP) is 7.55. The fourth-order valence-electron chi connectivity index (χ4n) is 4.53. The smallest absolute Gasteiger partial charge is 0.0737 e. The summed E-state index contributed by atoms with van der Waals surface area (Å²) in [6.45, 7) is 3.75. The first kappa shape index (κ1) is 22.4. The quantitative estimate of drug-likeness (QED) is 0.228. The second-order valence-corrected chi connectivity index (χ2v) is 9.07. The number of nitrogens with one attached hydrogen (secondary N) is 1. The van der Waals surface area contributed by atoms with Crippen LogP contribution in [0.25, 0.3) is 21.7 Å². The summed E-state index contributed by atoms with van der Waals surface area (Å²) in [7, 11) is 0. The third-order valence-corrected chi connectivity index (χ3v) is 6.43. The van der Waals surface area contributed by atoms with E-state index in [4.69, 9.17) is 11.6 Å². The molecule has 0 unspecified atom stereocenters. The molecule has 34 heavy (non-hydrogen) atoms. The van der Waals surface area contributed by atoms with E-state index >= 15 is 0 Å². The number of hydrogen-bond donors (Lipinski definition) is 1. The molecule has 1 N–H and O–H groups in total. The Kier molecular flexibility index (Phi) is 7.04. The molecule has 0 fully saturated rings. The van der Waals surface area contributed by atoms with Crippen LogP contribution in [0.3, 0.4) is 0 Å². The van der Waals surface area contributed by atoms with Crippen molar-refractivity contribution in [1.82, 2.24) is 9.88 Å². The van der Waals surface area contributed by atoms with E-state index in [2.05, 4.69) is 88.0 Å². The fourth-order valence-corrected chi connectivity index (χ4v) is 4.69. The first-order chi connectivity index (χ1) is 16.8. The van der Waals surface area contributed by atoms with Crippen LogP contribution >= 0.6 is 11.6 Å². The van der Waals surface area contributed by atoms with Crippen LogP contribution < -0.4 is 5.32 Å². The van der Waals surface area contributed by atoms with Gasteiger partial charge in [0.15, 0.2) is 0 Å². The zero-order valence-electron chi connectivity index (χ0n) is 19.1. The Balaban J connectivity index is 1.28. The Morgan fingerprint density at radius 2 is 1.59 bits per heavy atom. The number of nitrogens with zero attached hydrogens (tertiary/aromatic N) is 2. The van der Waals surface area contributed by atoms with Crippen molar-refractivity contribution >= 4 is 39.0 Å². The summed E-state index contributed by atoms with van der Waals surface area (Å²) < 4.78 is 0. The molecular formula is C30H28ClN3. The van der Waals surface area contributed by atoms with Crippen molar-refractivity contribution in [2.75, 3.05) is 18.4 Å². The van der Waals surface area contributed by atoms with Crippen LogP contribution in [0.4, 0.5) is 5.69 Å². The molecule has 170 valence electrons. The monoisotopic (exact) mass is 465 g/mol. The molecule has 0 aliphatic heterocycles. The van der Waals surface area contributed by atoms with Gasteiger partial charge in [0.25, 0.3) is 0 Å². The van der Waals surface area contributed by atoms with Gasteiger partial charge < -0.3 is 5.32 Å². The maximum Gasteiger partial charge on any atom is 0.0737 e. The Labute approximate surface area is 206 Å². The van der Waals surface area contributed by atoms with Crippen LogP contribution in [0.15, 0.2) is 103 Å². The van der Waals surface area contributed by atoms with E-state index in [1.165, 1.54) is 21.9 Å². The molecule has 4 aromatic carbocycles. The van der Waals surface area contributed by atoms with Crippen LogP contribution in [0.1, 0.15) is 17.5 Å². The number of benzene rings is 4. The zero-order valence-corrected chi connectivity index (χ0v) is 19.9. The van der Waals surface area contributed by atoms with E-state index in [9.17, 15) is 0 Å². The third kappa shape index (κ3) is 5.39. The fraction of sp³-hybridized carbons (Fsp3) is 0.167. The standard InChI is InChI=1S/C30H28ClN3/c31-26-14-15-28-29(16-18-33-30(28)20-26)32-17-7-19-34(21-23-8-2-1-3-9-23)22-25-12-6-11-24-10-4-5-13-27(24)25/h1-6,8-16,18,20H,7,17,19,21-22H2,(H,32,33). The average Bonchev–Trinajstić information content (AvgIpc) is 2.87. The molecule has 0 aliphatic carbocycles. The number of aromatic nitrogens is 1. The number of rotatable bonds is 9. The molecule has 0 bridgehead atoms. The first-order valence-electron chi connectivity index (χ1n) is 11.8. The first-order valence-corrected chi connectivity index (χ1v) is 12.2. The van der Waals surface area contributed by atoms with Crippen molar-refractivity contribution in [1.29, 1.82) is 0 Å². The normalized spacial score (nSPS) is 11.4. The molecule has 1 aromatic heterocycles. The SMILES string of the molecule is Clc1ccc2c(NCCCN(Cc3ccccc3)Cc3cccc4ccccc34)ccnc2c1. The highest BCUT2D eigenvalue weighted by atomic mass is 35.5. The van der Waals surface area contributed by atoms with E-state index in [0.717, 1.165) is 49.2 Å². The van der Waals surface area contributed by atoms with Gasteiger partial charge >= 0.3 is 0 Å². The van der Waals surface area contributed by atoms with Gasteiger partial charge in [-0.2, -0.15) is 0 Å². The molecule has 0 saturated carbocycles. The Morgan fingerprint density at radius 1 is 0.765 bits per heavy atom. The lowest BCUT2D eigenvalue weighted by molar-refractivity contribution is 0.257. The molecule has 0 aliphatic rings. The third-order valence-electron chi connectivity index (χ3n) is 6.19. The van der Waals surface area contributed by atoms with Crippen molar-refractivity contribution in [3.8, 4) is 0 Å². The highest BCUT2D eigenvalue weighted by Crippen LogP contribution is 2.25. The lowest BCUT2D eigenvalue weighted by Crippen LogP contribution is -2.25. The zero-order chi connectivity index (χ0) is 23.2. The lowest BCUT2D eigenvalue weighted by atomic mass is 10.0. The number of hydrogen-bond acceptors (Lipinski definition) is 3. The Morgan fingerprint density at radius 3 is 2.50 bits per heavy atom. The minimum absolute atomic E-state index is 0.710. The highest BCUT2D eigenvalue weighted by molar-refractivity contribution is 6.31. The summed E-state index contributed by atoms with van der Waals surface area (Å²) in [5, 5.41) is 8.05. The van der Waals surface area contributed by atoms with E-state index in [0.29, 0.717) is 5.02 Å². The van der Waals surface area contributed by atoms with Crippen molar-refractivity contribution < 1.29 is 0 Å². The minimum Gasteiger partial charge on any atom is -0.384 e. The summed E-state index contributed by atoms with van der Waals surface area (Å²) in [6, 6.07) is 33.9. The van der Waals surface area contributed by atoms with Crippen LogP contribution in [-0.4, -0.2) is 23.0 Å². The Bertz CT molecular complexity index is 1380. The second kappa shape index (κ2) is 10.7. The van der Waals surface area contributed by atoms with Gasteiger partial charge in [-0.15, -0.1) is 0 Å². The molecular weight excluding hydrogens is 438 g/mol. The molecule has 5 rings (SSSR count). The molecule has 4 heteroatoms. The number of pyridine rings is 1. The van der Waals surface area contributed by atoms with Crippen molar-refractivity contribution in [2.24, 2.45) is 0 Å². The minimum atomic E-state index is 0.710. The molecule has 0 spiro atoms. The summed E-state index contributed by atoms with van der Waals surface area (Å²) in [4.78, 5) is 6.99. The van der Waals surface area contributed by atoms with Gasteiger partial charge in [-0.25, -0.2) is 0 Å². The summed E-state index contributed by atoms with van der Waals surface area (Å²) >= 11 is 6.14. The highest BCUT2D eigenvalue weighted by Gasteiger charge is 2.10. The van der Waals surface area contributed by atoms with Crippen LogP contribution in [-0.2, 0) is 13.1 Å². The van der Waals surface area contributed by atoms with Crippen molar-refractivity contribution in [3.63, 3.8) is 0 Å². The molecule has 0 radical (unpaired) electrons. The average molecular weight is 466 g/mol. The van der Waals surface area contributed by atoms with Gasteiger partial charge in [0, 0.05) is 48.5 Å². The predicted molar refractivity (Wildman–Crippen MR) is 144 cm³/mol. The maximum atomic E-state index is 6.14. The van der Waals surface area contributed by atoms with Crippen molar-refractivity contribution in [3.05, 3.63) is 119 Å².